The highest BCUT2D eigenvalue weighted by Gasteiger charge is 2.11. The van der Waals surface area contributed by atoms with Crippen molar-refractivity contribution < 1.29 is 16.8 Å². The fourth-order valence-electron chi connectivity index (χ4n) is 1.04. The van der Waals surface area contributed by atoms with E-state index < -0.39 is 19.7 Å². The average Bonchev–Trinajstić information content (AvgIpc) is 2.07. The van der Waals surface area contributed by atoms with E-state index >= 15 is 0 Å². The van der Waals surface area contributed by atoms with Gasteiger partial charge in [0, 0.05) is 38.0 Å². The molecule has 0 bridgehead atoms. The van der Waals surface area contributed by atoms with Crippen molar-refractivity contribution >= 4 is 31.3 Å². The highest BCUT2D eigenvalue weighted by atomic mass is 35.5. The smallest absolute Gasteiger partial charge is 0.148 e. The quantitative estimate of drug-likeness (QED) is 0.570. The summed E-state index contributed by atoms with van der Waals surface area (Å²) in [7, 11) is -6.05. The Hall–Kier alpha value is 0.150. The molecular weight excluding hydrogens is 274 g/mol. The lowest BCUT2D eigenvalue weighted by atomic mass is 10.5. The van der Waals surface area contributed by atoms with Gasteiger partial charge in [0.2, 0.25) is 0 Å². The van der Waals surface area contributed by atoms with Crippen LogP contribution in [-0.4, -0.2) is 71.3 Å². The molecule has 0 saturated heterocycles. The Kier molecular flexibility index (Phi) is 6.84. The molecule has 16 heavy (non-hydrogen) atoms. The van der Waals surface area contributed by atoms with Crippen LogP contribution in [0, 0.1) is 0 Å². The van der Waals surface area contributed by atoms with Gasteiger partial charge in [-0.15, -0.1) is 11.6 Å². The van der Waals surface area contributed by atoms with E-state index in [1.54, 1.807) is 4.90 Å². The van der Waals surface area contributed by atoms with E-state index in [9.17, 15) is 16.8 Å². The zero-order valence-corrected chi connectivity index (χ0v) is 11.9. The first-order valence-corrected chi connectivity index (χ1v) is 9.43. The minimum absolute atomic E-state index is 0.0215. The monoisotopic (exact) mass is 291 g/mol. The second kappa shape index (κ2) is 6.78. The third-order valence-corrected chi connectivity index (χ3v) is 3.97. The number of rotatable bonds is 8. The molecule has 0 aromatic carbocycles. The fraction of sp³-hybridized carbons (Fsp3) is 1.00. The molecule has 0 aromatic rings. The van der Waals surface area contributed by atoms with E-state index in [1.165, 1.54) is 0 Å². The van der Waals surface area contributed by atoms with Crippen molar-refractivity contribution in [2.45, 2.75) is 0 Å². The second-order valence-electron chi connectivity index (χ2n) is 3.79. The minimum Gasteiger partial charge on any atom is -0.300 e. The molecule has 98 valence electrons. The standard InChI is InChI=1S/C8H18ClNO4S2/c1-15(11,12)7-5-10(4-3-9)6-8-16(2,13)14/h3-8H2,1-2H3. The molecule has 8 heteroatoms. The Balaban J connectivity index is 4.18. The topological polar surface area (TPSA) is 71.5 Å². The van der Waals surface area contributed by atoms with Crippen molar-refractivity contribution in [2.75, 3.05) is 49.5 Å². The molecular formula is C8H18ClNO4S2. The Morgan fingerprint density at radius 1 is 0.875 bits per heavy atom. The summed E-state index contributed by atoms with van der Waals surface area (Å²) < 4.78 is 43.9. The van der Waals surface area contributed by atoms with Crippen LogP contribution in [0.1, 0.15) is 0 Å². The molecule has 0 aliphatic carbocycles. The van der Waals surface area contributed by atoms with Gasteiger partial charge in [0.15, 0.2) is 0 Å². The molecule has 0 rings (SSSR count). The van der Waals surface area contributed by atoms with Gasteiger partial charge in [-0.25, -0.2) is 16.8 Å². The molecule has 0 spiro atoms. The van der Waals surface area contributed by atoms with Gasteiger partial charge in [-0.2, -0.15) is 0 Å². The van der Waals surface area contributed by atoms with Crippen LogP contribution in [0.3, 0.4) is 0 Å². The summed E-state index contributed by atoms with van der Waals surface area (Å²) in [6.45, 7) is 1.13. The maximum Gasteiger partial charge on any atom is 0.148 e. The predicted octanol–water partition coefficient (Wildman–Crippen LogP) is -0.384. The Morgan fingerprint density at radius 2 is 1.25 bits per heavy atom. The van der Waals surface area contributed by atoms with Crippen molar-refractivity contribution in [2.24, 2.45) is 0 Å². The van der Waals surface area contributed by atoms with Crippen LogP contribution in [0.5, 0.6) is 0 Å². The molecule has 0 heterocycles. The first-order chi connectivity index (χ1) is 7.14. The largest absolute Gasteiger partial charge is 0.300 e. The van der Waals surface area contributed by atoms with Gasteiger partial charge in [0.05, 0.1) is 11.5 Å². The van der Waals surface area contributed by atoms with Crippen molar-refractivity contribution in [3.05, 3.63) is 0 Å². The molecule has 0 atom stereocenters. The number of nitrogens with zero attached hydrogens (tertiary/aromatic N) is 1. The van der Waals surface area contributed by atoms with Crippen LogP contribution in [0.15, 0.2) is 0 Å². The average molecular weight is 292 g/mol. The second-order valence-corrected chi connectivity index (χ2v) is 8.69. The SMILES string of the molecule is CS(=O)(=O)CCN(CCCl)CCS(C)(=O)=O. The van der Waals surface area contributed by atoms with Crippen molar-refractivity contribution in [3.8, 4) is 0 Å². The first-order valence-electron chi connectivity index (χ1n) is 4.78. The number of sulfone groups is 2. The van der Waals surface area contributed by atoms with Gasteiger partial charge in [0.1, 0.15) is 19.7 Å². The minimum atomic E-state index is -3.03. The van der Waals surface area contributed by atoms with Gasteiger partial charge in [-0.05, 0) is 0 Å². The molecule has 0 unspecified atom stereocenters. The van der Waals surface area contributed by atoms with Gasteiger partial charge in [0.25, 0.3) is 0 Å². The number of hydrogen-bond acceptors (Lipinski definition) is 5. The third-order valence-electron chi connectivity index (χ3n) is 1.96. The molecule has 0 radical (unpaired) electrons. The van der Waals surface area contributed by atoms with E-state index in [0.717, 1.165) is 12.5 Å². The van der Waals surface area contributed by atoms with Crippen LogP contribution >= 0.6 is 11.6 Å². The van der Waals surface area contributed by atoms with E-state index in [-0.39, 0.29) is 11.5 Å². The molecule has 0 aromatic heterocycles. The van der Waals surface area contributed by atoms with Gasteiger partial charge in [-0.1, -0.05) is 0 Å². The predicted molar refractivity (Wildman–Crippen MR) is 66.6 cm³/mol. The first kappa shape index (κ1) is 16.1. The van der Waals surface area contributed by atoms with E-state index in [2.05, 4.69) is 0 Å². The van der Waals surface area contributed by atoms with Gasteiger partial charge >= 0.3 is 0 Å². The molecule has 0 N–H and O–H groups in total. The molecule has 0 amide bonds. The van der Waals surface area contributed by atoms with Crippen molar-refractivity contribution in [3.63, 3.8) is 0 Å². The summed E-state index contributed by atoms with van der Waals surface area (Å²) in [5.74, 6) is 0.398. The molecule has 0 fully saturated rings. The van der Waals surface area contributed by atoms with Crippen LogP contribution in [-0.2, 0) is 19.7 Å². The summed E-state index contributed by atoms with van der Waals surface area (Å²) >= 11 is 5.56. The van der Waals surface area contributed by atoms with Crippen molar-refractivity contribution in [1.82, 2.24) is 4.90 Å². The third kappa shape index (κ3) is 10.7. The lowest BCUT2D eigenvalue weighted by Gasteiger charge is -2.19. The fourth-order valence-corrected chi connectivity index (χ4v) is 2.46. The normalized spacial score (nSPS) is 13.2. The lowest BCUT2D eigenvalue weighted by molar-refractivity contribution is 0.324. The van der Waals surface area contributed by atoms with E-state index in [4.69, 9.17) is 11.6 Å². The Morgan fingerprint density at radius 3 is 1.50 bits per heavy atom. The van der Waals surface area contributed by atoms with Crippen LogP contribution in [0.2, 0.25) is 0 Å². The zero-order valence-electron chi connectivity index (χ0n) is 9.52. The zero-order chi connectivity index (χ0) is 12.8. The lowest BCUT2D eigenvalue weighted by Crippen LogP contribution is -2.34. The summed E-state index contributed by atoms with van der Waals surface area (Å²) in [5, 5.41) is 0. The summed E-state index contributed by atoms with van der Waals surface area (Å²) in [5.41, 5.74) is 0. The number of hydrogen-bond donors (Lipinski definition) is 0. The highest BCUT2D eigenvalue weighted by molar-refractivity contribution is 7.90. The summed E-state index contributed by atoms with van der Waals surface area (Å²) in [4.78, 5) is 1.75. The van der Waals surface area contributed by atoms with Gasteiger partial charge in [-0.3, -0.25) is 0 Å². The number of halogens is 1. The van der Waals surface area contributed by atoms with E-state index in [0.29, 0.717) is 25.5 Å². The molecule has 0 saturated carbocycles. The van der Waals surface area contributed by atoms with Crippen LogP contribution in [0.4, 0.5) is 0 Å². The van der Waals surface area contributed by atoms with E-state index in [1.807, 2.05) is 0 Å². The maximum absolute atomic E-state index is 11.0. The van der Waals surface area contributed by atoms with Crippen molar-refractivity contribution in [1.29, 1.82) is 0 Å². The molecule has 5 nitrogen and oxygen atoms in total. The van der Waals surface area contributed by atoms with Crippen LogP contribution < -0.4 is 0 Å². The maximum atomic E-state index is 11.0. The number of alkyl halides is 1. The van der Waals surface area contributed by atoms with Gasteiger partial charge < -0.3 is 4.90 Å². The highest BCUT2D eigenvalue weighted by Crippen LogP contribution is 1.95. The molecule has 0 aliphatic heterocycles. The Bertz CT molecular complexity index is 354. The van der Waals surface area contributed by atoms with Crippen LogP contribution in [0.25, 0.3) is 0 Å². The Labute approximate surface area is 103 Å². The summed E-state index contributed by atoms with van der Waals surface area (Å²) in [6.07, 6.45) is 2.31. The molecule has 0 aliphatic rings. The summed E-state index contributed by atoms with van der Waals surface area (Å²) in [6, 6.07) is 0.